The van der Waals surface area contributed by atoms with Crippen molar-refractivity contribution >= 4 is 26.0 Å². The Morgan fingerprint density at radius 3 is 2.29 bits per heavy atom. The lowest BCUT2D eigenvalue weighted by Gasteiger charge is -1.82. The van der Waals surface area contributed by atoms with Gasteiger partial charge in [-0.15, -0.1) is 0 Å². The summed E-state index contributed by atoms with van der Waals surface area (Å²) in [5.41, 5.74) is 0. The maximum atomic E-state index is 9.92. The quantitative estimate of drug-likeness (QED) is 0.438. The molecule has 0 heterocycles. The van der Waals surface area contributed by atoms with Crippen LogP contribution >= 0.6 is 10.8 Å². The third kappa shape index (κ3) is 2.82. The van der Waals surface area contributed by atoms with Gasteiger partial charge in [-0.1, -0.05) is 0 Å². The molecule has 0 rings (SSSR count). The molecule has 42 valence electrons. The number of carboxylic acid groups (broad SMARTS) is 1. The summed E-state index contributed by atoms with van der Waals surface area (Å²) in [5, 5.41) is 7.46. The molecule has 0 aliphatic carbocycles. The SMILES string of the molecule is CS[S+](C)C(=O)O. The van der Waals surface area contributed by atoms with E-state index >= 15 is 0 Å². The molecule has 0 radical (unpaired) electrons. The zero-order valence-corrected chi connectivity index (χ0v) is 5.80. The Bertz CT molecular complexity index is 73.3. The molecule has 0 aliphatic rings. The number of rotatable bonds is 1. The normalized spacial score (nSPS) is 13.4. The van der Waals surface area contributed by atoms with Crippen molar-refractivity contribution in [1.82, 2.24) is 0 Å². The topological polar surface area (TPSA) is 37.3 Å². The summed E-state index contributed by atoms with van der Waals surface area (Å²) in [6.07, 6.45) is 3.48. The monoisotopic (exact) mass is 139 g/mol. The average molecular weight is 139 g/mol. The van der Waals surface area contributed by atoms with Crippen molar-refractivity contribution < 1.29 is 9.90 Å². The van der Waals surface area contributed by atoms with Crippen molar-refractivity contribution in [2.45, 2.75) is 0 Å². The molecule has 0 bridgehead atoms. The number of hydrogen-bond acceptors (Lipinski definition) is 2. The van der Waals surface area contributed by atoms with Gasteiger partial charge < -0.3 is 5.11 Å². The summed E-state index contributed by atoms with van der Waals surface area (Å²) in [4.78, 5) is 9.92. The van der Waals surface area contributed by atoms with Gasteiger partial charge in [0.05, 0.1) is 0 Å². The minimum atomic E-state index is -0.715. The highest BCUT2D eigenvalue weighted by atomic mass is 33.1. The van der Waals surface area contributed by atoms with Crippen LogP contribution < -0.4 is 0 Å². The van der Waals surface area contributed by atoms with Gasteiger partial charge in [0.2, 0.25) is 0 Å². The van der Waals surface area contributed by atoms with E-state index in [1.165, 1.54) is 10.8 Å². The smallest absolute Gasteiger partial charge is 0.440 e. The molecule has 0 spiro atoms. The molecule has 0 aromatic heterocycles. The molecule has 0 aromatic carbocycles. The average Bonchev–Trinajstić information content (AvgIpc) is 1.65. The third-order valence-electron chi connectivity index (χ3n) is 0.496. The highest BCUT2D eigenvalue weighted by Crippen LogP contribution is 2.08. The van der Waals surface area contributed by atoms with Gasteiger partial charge >= 0.3 is 5.30 Å². The van der Waals surface area contributed by atoms with E-state index < -0.39 is 15.2 Å². The predicted molar refractivity (Wildman–Crippen MR) is 34.8 cm³/mol. The van der Waals surface area contributed by atoms with Crippen LogP contribution in [0.15, 0.2) is 0 Å². The molecular formula is C3H7O2S2+. The van der Waals surface area contributed by atoms with Gasteiger partial charge in [-0.3, -0.25) is 0 Å². The predicted octanol–water partition coefficient (Wildman–Crippen LogP) is 1.19. The Balaban J connectivity index is 3.34. The molecule has 0 amide bonds. The van der Waals surface area contributed by atoms with E-state index in [4.69, 9.17) is 5.11 Å². The Labute approximate surface area is 49.0 Å². The van der Waals surface area contributed by atoms with Crippen LogP contribution in [0.1, 0.15) is 0 Å². The standard InChI is InChI=1S/C3H6O2S2/c1-6-7(2)3(4)5/h1-2H3/p+1. The first kappa shape index (κ1) is 7.17. The summed E-state index contributed by atoms with van der Waals surface area (Å²) in [5.74, 6) is 0. The van der Waals surface area contributed by atoms with Crippen LogP contribution in [0.3, 0.4) is 0 Å². The maximum Gasteiger partial charge on any atom is 0.535 e. The van der Waals surface area contributed by atoms with Crippen molar-refractivity contribution in [2.75, 3.05) is 12.5 Å². The van der Waals surface area contributed by atoms with Crippen molar-refractivity contribution in [3.63, 3.8) is 0 Å². The minimum absolute atomic E-state index is 0.495. The van der Waals surface area contributed by atoms with E-state index in [2.05, 4.69) is 0 Å². The van der Waals surface area contributed by atoms with Gasteiger partial charge in [0.25, 0.3) is 0 Å². The Kier molecular flexibility index (Phi) is 3.29. The van der Waals surface area contributed by atoms with Crippen LogP contribution in [0.5, 0.6) is 0 Å². The van der Waals surface area contributed by atoms with Gasteiger partial charge in [-0.25, -0.2) is 0 Å². The molecule has 4 heteroatoms. The lowest BCUT2D eigenvalue weighted by Crippen LogP contribution is -2.03. The lowest BCUT2D eigenvalue weighted by atomic mass is 11.6. The van der Waals surface area contributed by atoms with Crippen molar-refractivity contribution in [2.24, 2.45) is 0 Å². The summed E-state index contributed by atoms with van der Waals surface area (Å²) < 4.78 is 0. The second kappa shape index (κ2) is 3.21. The van der Waals surface area contributed by atoms with Gasteiger partial charge in [-0.2, -0.15) is 4.79 Å². The zero-order valence-electron chi connectivity index (χ0n) is 4.17. The van der Waals surface area contributed by atoms with Crippen LogP contribution in [0.4, 0.5) is 4.79 Å². The summed E-state index contributed by atoms with van der Waals surface area (Å²) in [7, 11) is 0.866. The Morgan fingerprint density at radius 2 is 2.29 bits per heavy atom. The van der Waals surface area contributed by atoms with E-state index in [9.17, 15) is 4.79 Å². The van der Waals surface area contributed by atoms with Crippen LogP contribution in [-0.2, 0) is 9.93 Å². The molecule has 1 atom stereocenters. The van der Waals surface area contributed by atoms with Gasteiger partial charge in [-0.05, 0) is 0 Å². The van der Waals surface area contributed by atoms with Gasteiger partial charge in [0.15, 0.2) is 9.93 Å². The molecule has 2 nitrogen and oxygen atoms in total. The lowest BCUT2D eigenvalue weighted by molar-refractivity contribution is 0.222. The Hall–Kier alpha value is 0.170. The van der Waals surface area contributed by atoms with E-state index in [0.29, 0.717) is 0 Å². The highest BCUT2D eigenvalue weighted by molar-refractivity contribution is 8.78. The molecule has 7 heavy (non-hydrogen) atoms. The van der Waals surface area contributed by atoms with Crippen LogP contribution in [0.2, 0.25) is 0 Å². The summed E-state index contributed by atoms with van der Waals surface area (Å²) >= 11 is 0. The molecule has 0 fully saturated rings. The van der Waals surface area contributed by atoms with Crippen LogP contribution in [-0.4, -0.2) is 22.9 Å². The van der Waals surface area contributed by atoms with Gasteiger partial charge in [0.1, 0.15) is 17.0 Å². The number of hydrogen-bond donors (Lipinski definition) is 1. The van der Waals surface area contributed by atoms with Crippen LogP contribution in [0.25, 0.3) is 0 Å². The van der Waals surface area contributed by atoms with Crippen molar-refractivity contribution in [3.05, 3.63) is 0 Å². The fourth-order valence-electron chi connectivity index (χ4n) is 0.0713. The fourth-order valence-corrected chi connectivity index (χ4v) is 0.642. The first-order valence-electron chi connectivity index (χ1n) is 1.62. The van der Waals surface area contributed by atoms with E-state index in [1.807, 2.05) is 0 Å². The zero-order chi connectivity index (χ0) is 5.86. The molecule has 0 aliphatic heterocycles. The van der Waals surface area contributed by atoms with E-state index in [-0.39, 0.29) is 0 Å². The van der Waals surface area contributed by atoms with Crippen molar-refractivity contribution in [3.8, 4) is 0 Å². The molecule has 0 saturated heterocycles. The highest BCUT2D eigenvalue weighted by Gasteiger charge is 2.20. The fraction of sp³-hybridized carbons (Fsp3) is 0.667. The largest absolute Gasteiger partial charge is 0.535 e. The molecular weight excluding hydrogens is 132 g/mol. The maximum absolute atomic E-state index is 9.92. The Morgan fingerprint density at radius 1 is 1.86 bits per heavy atom. The van der Waals surface area contributed by atoms with Crippen LogP contribution in [0, 0.1) is 0 Å². The first-order chi connectivity index (χ1) is 3.18. The molecule has 0 aromatic rings. The number of carbonyl (C=O) groups is 1. The van der Waals surface area contributed by atoms with Crippen molar-refractivity contribution in [1.29, 1.82) is 0 Å². The molecule has 0 saturated carbocycles. The molecule has 1 N–H and O–H groups in total. The second-order valence-corrected chi connectivity index (χ2v) is 4.98. The molecule has 1 unspecified atom stereocenters. The third-order valence-corrected chi connectivity index (χ3v) is 3.42. The first-order valence-corrected chi connectivity index (χ1v) is 4.99. The summed E-state index contributed by atoms with van der Waals surface area (Å²) in [6.45, 7) is 0. The summed E-state index contributed by atoms with van der Waals surface area (Å²) in [6, 6.07) is 0. The minimum Gasteiger partial charge on any atom is -0.440 e. The van der Waals surface area contributed by atoms with E-state index in [1.54, 1.807) is 12.5 Å². The van der Waals surface area contributed by atoms with Gasteiger partial charge in [0, 0.05) is 6.26 Å². The van der Waals surface area contributed by atoms with E-state index in [0.717, 1.165) is 0 Å². The second-order valence-electron chi connectivity index (χ2n) is 0.887.